The molecular formula is C10H12FN5O2S. The van der Waals surface area contributed by atoms with Crippen LogP contribution in [0.5, 0.6) is 0 Å². The quantitative estimate of drug-likeness (QED) is 0.661. The Bertz CT molecular complexity index is 621. The number of aromatic nitrogens is 4. The van der Waals surface area contributed by atoms with Gasteiger partial charge in [-0.15, -0.1) is 11.8 Å². The maximum atomic E-state index is 13.2. The molecule has 0 radical (unpaired) electrons. The monoisotopic (exact) mass is 285 g/mol. The molecule has 3 heterocycles. The Morgan fingerprint density at radius 3 is 3.00 bits per heavy atom. The molecule has 7 nitrogen and oxygen atoms in total. The lowest BCUT2D eigenvalue weighted by Crippen LogP contribution is -2.20. The highest BCUT2D eigenvalue weighted by molar-refractivity contribution is 8.00. The number of nitrogens with two attached hydrogens (primary N) is 1. The second-order valence-corrected chi connectivity index (χ2v) is 5.74. The molecule has 0 amide bonds. The molecule has 0 aromatic carbocycles. The van der Waals surface area contributed by atoms with Gasteiger partial charge in [-0.3, -0.25) is 0 Å². The number of rotatable bonds is 2. The van der Waals surface area contributed by atoms with Gasteiger partial charge in [0.1, 0.15) is 5.52 Å². The third-order valence-corrected chi connectivity index (χ3v) is 4.66. The Hall–Kier alpha value is -1.45. The highest BCUT2D eigenvalue weighted by Crippen LogP contribution is 2.42. The molecule has 1 aliphatic rings. The van der Waals surface area contributed by atoms with Crippen molar-refractivity contribution in [1.82, 2.24) is 19.5 Å². The second kappa shape index (κ2) is 4.58. The van der Waals surface area contributed by atoms with Crippen LogP contribution in [-0.4, -0.2) is 47.7 Å². The van der Waals surface area contributed by atoms with E-state index in [9.17, 15) is 9.50 Å². The zero-order valence-electron chi connectivity index (χ0n) is 9.77. The lowest BCUT2D eigenvalue weighted by atomic mass is 10.2. The molecule has 0 saturated carbocycles. The molecule has 3 atom stereocenters. The summed E-state index contributed by atoms with van der Waals surface area (Å²) in [6.45, 7) is -0.111. The van der Waals surface area contributed by atoms with Gasteiger partial charge in [0.05, 0.1) is 29.7 Å². The van der Waals surface area contributed by atoms with Gasteiger partial charge in [0.25, 0.3) is 0 Å². The van der Waals surface area contributed by atoms with Crippen molar-refractivity contribution in [3.8, 4) is 0 Å². The van der Waals surface area contributed by atoms with E-state index in [1.807, 2.05) is 0 Å². The van der Waals surface area contributed by atoms with Gasteiger partial charge in [-0.2, -0.15) is 14.4 Å². The van der Waals surface area contributed by atoms with Crippen molar-refractivity contribution in [2.24, 2.45) is 0 Å². The van der Waals surface area contributed by atoms with Crippen molar-refractivity contribution in [1.29, 1.82) is 0 Å². The molecule has 2 aromatic rings. The van der Waals surface area contributed by atoms with E-state index in [-0.39, 0.29) is 23.0 Å². The fraction of sp³-hybridized carbons (Fsp3) is 0.500. The zero-order chi connectivity index (χ0) is 13.6. The van der Waals surface area contributed by atoms with E-state index in [4.69, 9.17) is 10.8 Å². The number of thioether (sulfide) groups is 1. The van der Waals surface area contributed by atoms with Crippen molar-refractivity contribution < 1.29 is 14.6 Å². The van der Waals surface area contributed by atoms with E-state index >= 15 is 0 Å². The minimum Gasteiger partial charge on any atom is -0.395 e. The minimum atomic E-state index is -0.908. The summed E-state index contributed by atoms with van der Waals surface area (Å²) in [7, 11) is 0. The first kappa shape index (κ1) is 12.6. The van der Waals surface area contributed by atoms with Crippen LogP contribution in [0, 0.1) is 6.08 Å². The number of hydrogen-bond acceptors (Lipinski definition) is 7. The molecule has 102 valence electrons. The van der Waals surface area contributed by atoms with Crippen molar-refractivity contribution in [2.45, 2.75) is 23.1 Å². The number of nitrogens with zero attached hydrogens (tertiary/aromatic N) is 4. The van der Waals surface area contributed by atoms with Gasteiger partial charge in [-0.1, -0.05) is 0 Å². The zero-order valence-corrected chi connectivity index (χ0v) is 10.6. The lowest BCUT2D eigenvalue weighted by molar-refractivity contribution is 0.138. The molecule has 4 N–H and O–H groups in total. The van der Waals surface area contributed by atoms with Crippen LogP contribution in [0.15, 0.2) is 6.33 Å². The van der Waals surface area contributed by atoms with Crippen molar-refractivity contribution in [3.05, 3.63) is 12.4 Å². The molecular weight excluding hydrogens is 273 g/mol. The van der Waals surface area contributed by atoms with Crippen molar-refractivity contribution in [3.63, 3.8) is 0 Å². The summed E-state index contributed by atoms with van der Waals surface area (Å²) in [4.78, 5) is 11.2. The standard InChI is InChI=1S/C10H12FN5O2S/c11-10-14-8(12)7-9(15-10)16(3-13-7)6-1-4(18)5(2-17)19-6/h3-6,17-18H,1-2H2,(H2,12,14,15)/t4-,5+,6-/m0/s1. The lowest BCUT2D eigenvalue weighted by Gasteiger charge is -2.11. The van der Waals surface area contributed by atoms with Gasteiger partial charge in [0.2, 0.25) is 0 Å². The number of aliphatic hydroxyl groups is 2. The van der Waals surface area contributed by atoms with Crippen LogP contribution in [0.4, 0.5) is 10.2 Å². The number of halogens is 1. The summed E-state index contributed by atoms with van der Waals surface area (Å²) in [5, 5.41) is 18.5. The Labute approximate surface area is 111 Å². The summed E-state index contributed by atoms with van der Waals surface area (Å²) in [6, 6.07) is 0. The molecule has 1 saturated heterocycles. The normalized spacial score (nSPS) is 27.2. The fourth-order valence-corrected chi connectivity index (χ4v) is 3.55. The maximum absolute atomic E-state index is 13.2. The van der Waals surface area contributed by atoms with Crippen LogP contribution in [-0.2, 0) is 0 Å². The molecule has 0 unspecified atom stereocenters. The molecule has 3 rings (SSSR count). The summed E-state index contributed by atoms with van der Waals surface area (Å²) < 4.78 is 14.9. The van der Waals surface area contributed by atoms with Gasteiger partial charge in [0, 0.05) is 6.42 Å². The fourth-order valence-electron chi connectivity index (χ4n) is 2.17. The molecule has 19 heavy (non-hydrogen) atoms. The van der Waals surface area contributed by atoms with Gasteiger partial charge >= 0.3 is 6.08 Å². The smallest absolute Gasteiger partial charge is 0.312 e. The number of imidazole rings is 1. The largest absolute Gasteiger partial charge is 0.395 e. The Kier molecular flexibility index (Phi) is 3.03. The molecule has 0 bridgehead atoms. The summed E-state index contributed by atoms with van der Waals surface area (Å²) >= 11 is 1.40. The average molecular weight is 285 g/mol. The predicted octanol–water partition coefficient (Wildman–Crippen LogP) is -0.0951. The third kappa shape index (κ3) is 2.03. The summed E-state index contributed by atoms with van der Waals surface area (Å²) in [5.74, 6) is -0.0106. The SMILES string of the molecule is Nc1nc(F)nc2c1ncn2[C@@H]1C[C@H](O)[C@@H](CO)S1. The van der Waals surface area contributed by atoms with Gasteiger partial charge in [-0.25, -0.2) is 4.98 Å². The number of hydrogen-bond donors (Lipinski definition) is 3. The molecule has 1 fully saturated rings. The molecule has 9 heteroatoms. The highest BCUT2D eigenvalue weighted by Gasteiger charge is 2.35. The van der Waals surface area contributed by atoms with Crippen molar-refractivity contribution in [2.75, 3.05) is 12.3 Å². The van der Waals surface area contributed by atoms with Crippen LogP contribution < -0.4 is 5.73 Å². The summed E-state index contributed by atoms with van der Waals surface area (Å²) in [5.41, 5.74) is 6.22. The van der Waals surface area contributed by atoms with E-state index in [0.29, 0.717) is 17.6 Å². The number of anilines is 1. The summed E-state index contributed by atoms with van der Waals surface area (Å²) in [6.07, 6.45) is 0.419. The Morgan fingerprint density at radius 2 is 2.32 bits per heavy atom. The second-order valence-electron chi connectivity index (χ2n) is 4.32. The molecule has 1 aliphatic heterocycles. The van der Waals surface area contributed by atoms with Crippen LogP contribution in [0.25, 0.3) is 11.2 Å². The molecule has 0 aliphatic carbocycles. The maximum Gasteiger partial charge on any atom is 0.312 e. The Morgan fingerprint density at radius 1 is 1.53 bits per heavy atom. The van der Waals surface area contributed by atoms with E-state index in [1.54, 1.807) is 4.57 Å². The van der Waals surface area contributed by atoms with E-state index in [2.05, 4.69) is 15.0 Å². The Balaban J connectivity index is 2.02. The minimum absolute atomic E-state index is 0.0106. The van der Waals surface area contributed by atoms with E-state index in [1.165, 1.54) is 18.1 Å². The van der Waals surface area contributed by atoms with Crippen LogP contribution in [0.1, 0.15) is 11.8 Å². The van der Waals surface area contributed by atoms with E-state index < -0.39 is 12.2 Å². The number of aliphatic hydroxyl groups excluding tert-OH is 2. The molecule has 0 spiro atoms. The number of nitrogen functional groups attached to an aromatic ring is 1. The molecule has 2 aromatic heterocycles. The van der Waals surface area contributed by atoms with Gasteiger partial charge in [0.15, 0.2) is 11.5 Å². The first-order chi connectivity index (χ1) is 9.10. The van der Waals surface area contributed by atoms with Crippen molar-refractivity contribution >= 4 is 28.7 Å². The topological polar surface area (TPSA) is 110 Å². The number of fused-ring (bicyclic) bond motifs is 1. The van der Waals surface area contributed by atoms with Crippen LogP contribution in [0.3, 0.4) is 0 Å². The highest BCUT2D eigenvalue weighted by atomic mass is 32.2. The van der Waals surface area contributed by atoms with Gasteiger partial charge in [-0.05, 0) is 0 Å². The van der Waals surface area contributed by atoms with Crippen LogP contribution >= 0.6 is 11.8 Å². The predicted molar refractivity (Wildman–Crippen MR) is 67.8 cm³/mol. The van der Waals surface area contributed by atoms with Crippen LogP contribution in [0.2, 0.25) is 0 Å². The first-order valence-electron chi connectivity index (χ1n) is 5.70. The first-order valence-corrected chi connectivity index (χ1v) is 6.64. The third-order valence-electron chi connectivity index (χ3n) is 3.12. The van der Waals surface area contributed by atoms with Gasteiger partial charge < -0.3 is 20.5 Å². The van der Waals surface area contributed by atoms with E-state index in [0.717, 1.165) is 0 Å². The average Bonchev–Trinajstić information content (AvgIpc) is 2.92.